The minimum absolute atomic E-state index is 0.334. The van der Waals surface area contributed by atoms with Gasteiger partial charge in [0.15, 0.2) is 4.60 Å². The summed E-state index contributed by atoms with van der Waals surface area (Å²) in [6.45, 7) is 7.63. The maximum atomic E-state index is 4.11. The van der Waals surface area contributed by atoms with Crippen molar-refractivity contribution in [1.29, 1.82) is 0 Å². The summed E-state index contributed by atoms with van der Waals surface area (Å²) in [5, 5.41) is 11.8. The fourth-order valence-corrected chi connectivity index (χ4v) is 3.02. The van der Waals surface area contributed by atoms with Gasteiger partial charge in [-0.25, -0.2) is 4.68 Å². The molecule has 0 spiro atoms. The lowest BCUT2D eigenvalue weighted by atomic mass is 9.89. The molecule has 1 N–H and O–H groups in total. The van der Waals surface area contributed by atoms with E-state index in [0.717, 1.165) is 11.1 Å². The van der Waals surface area contributed by atoms with Crippen molar-refractivity contribution in [2.75, 3.05) is 6.54 Å². The number of halogens is 1. The van der Waals surface area contributed by atoms with Crippen LogP contribution in [-0.4, -0.2) is 21.5 Å². The van der Waals surface area contributed by atoms with E-state index >= 15 is 0 Å². The zero-order valence-corrected chi connectivity index (χ0v) is 13.5. The second-order valence-electron chi connectivity index (χ2n) is 4.74. The molecule has 5 heteroatoms. The van der Waals surface area contributed by atoms with Gasteiger partial charge in [-0.3, -0.25) is 0 Å². The molecule has 0 saturated carbocycles. The molecule has 0 saturated heterocycles. The third kappa shape index (κ3) is 3.79. The first-order valence-electron chi connectivity index (χ1n) is 6.94. The minimum atomic E-state index is 0.334. The second kappa shape index (κ2) is 7.89. The van der Waals surface area contributed by atoms with Gasteiger partial charge in [0.05, 0.1) is 11.7 Å². The Balaban J connectivity index is 2.92. The van der Waals surface area contributed by atoms with Crippen molar-refractivity contribution < 1.29 is 0 Å². The zero-order valence-electron chi connectivity index (χ0n) is 11.9. The molecular weight excluding hydrogens is 292 g/mol. The van der Waals surface area contributed by atoms with Crippen LogP contribution in [-0.2, 0) is 7.05 Å². The van der Waals surface area contributed by atoms with Gasteiger partial charge in [-0.15, -0.1) is 5.10 Å². The smallest absolute Gasteiger partial charge is 0.153 e. The molecule has 0 aliphatic carbocycles. The van der Waals surface area contributed by atoms with Crippen LogP contribution in [0, 0.1) is 5.92 Å². The lowest BCUT2D eigenvalue weighted by Crippen LogP contribution is -2.30. The largest absolute Gasteiger partial charge is 0.309 e. The Hall–Kier alpha value is -0.420. The summed E-state index contributed by atoms with van der Waals surface area (Å²) in [5.41, 5.74) is 1.17. The number of nitrogens with one attached hydrogen (secondary N) is 1. The number of aromatic nitrogens is 3. The molecule has 2 atom stereocenters. The monoisotopic (exact) mass is 316 g/mol. The van der Waals surface area contributed by atoms with Crippen molar-refractivity contribution >= 4 is 15.9 Å². The van der Waals surface area contributed by atoms with E-state index in [1.54, 1.807) is 0 Å². The average Bonchev–Trinajstić information content (AvgIpc) is 2.69. The van der Waals surface area contributed by atoms with Crippen LogP contribution < -0.4 is 5.32 Å². The second-order valence-corrected chi connectivity index (χ2v) is 5.49. The van der Waals surface area contributed by atoms with Crippen molar-refractivity contribution in [1.82, 2.24) is 20.3 Å². The molecule has 0 aliphatic rings. The third-order valence-corrected chi connectivity index (χ3v) is 4.03. The van der Waals surface area contributed by atoms with E-state index in [4.69, 9.17) is 0 Å². The molecule has 0 aliphatic heterocycles. The van der Waals surface area contributed by atoms with Crippen molar-refractivity contribution in [2.45, 2.75) is 52.5 Å². The molecule has 1 aromatic heterocycles. The summed E-state index contributed by atoms with van der Waals surface area (Å²) in [5.74, 6) is 0.637. The Morgan fingerprint density at radius 1 is 1.33 bits per heavy atom. The average molecular weight is 317 g/mol. The summed E-state index contributed by atoms with van der Waals surface area (Å²) in [4.78, 5) is 0. The van der Waals surface area contributed by atoms with E-state index in [0.29, 0.717) is 12.0 Å². The molecule has 18 heavy (non-hydrogen) atoms. The van der Waals surface area contributed by atoms with Gasteiger partial charge in [0.1, 0.15) is 0 Å². The highest BCUT2D eigenvalue weighted by Gasteiger charge is 2.26. The topological polar surface area (TPSA) is 42.7 Å². The molecule has 0 aromatic carbocycles. The molecule has 1 heterocycles. The number of hydrogen-bond donors (Lipinski definition) is 1. The molecule has 0 radical (unpaired) electrons. The summed E-state index contributed by atoms with van der Waals surface area (Å²) in [6.07, 6.45) is 4.96. The number of hydrogen-bond acceptors (Lipinski definition) is 3. The number of aryl methyl sites for hydroxylation is 1. The highest BCUT2D eigenvalue weighted by molar-refractivity contribution is 9.10. The Kier molecular flexibility index (Phi) is 6.86. The maximum Gasteiger partial charge on any atom is 0.153 e. The molecule has 0 amide bonds. The van der Waals surface area contributed by atoms with Crippen LogP contribution in [0.1, 0.15) is 58.2 Å². The Morgan fingerprint density at radius 2 is 2.06 bits per heavy atom. The molecule has 4 nitrogen and oxygen atoms in total. The predicted molar refractivity (Wildman–Crippen MR) is 78.4 cm³/mol. The quantitative estimate of drug-likeness (QED) is 0.798. The summed E-state index contributed by atoms with van der Waals surface area (Å²) in [7, 11) is 1.96. The van der Waals surface area contributed by atoms with Crippen LogP contribution in [0.5, 0.6) is 0 Å². The SMILES string of the molecule is CCCCC(CC)C(NCC)c1c(Br)nnn1C. The number of rotatable bonds is 8. The number of unbranched alkanes of at least 4 members (excludes halogenated alkanes) is 1. The fraction of sp³-hybridized carbons (Fsp3) is 0.846. The van der Waals surface area contributed by atoms with Crippen molar-refractivity contribution in [2.24, 2.45) is 13.0 Å². The van der Waals surface area contributed by atoms with Crippen molar-refractivity contribution in [3.63, 3.8) is 0 Å². The van der Waals surface area contributed by atoms with Crippen molar-refractivity contribution in [3.05, 3.63) is 10.3 Å². The number of nitrogens with zero attached hydrogens (tertiary/aromatic N) is 3. The van der Waals surface area contributed by atoms with E-state index in [1.165, 1.54) is 31.4 Å². The van der Waals surface area contributed by atoms with Gasteiger partial charge >= 0.3 is 0 Å². The normalized spacial score (nSPS) is 14.7. The Morgan fingerprint density at radius 3 is 2.50 bits per heavy atom. The van der Waals surface area contributed by atoms with Crippen LogP contribution in [0.15, 0.2) is 4.60 Å². The maximum absolute atomic E-state index is 4.11. The van der Waals surface area contributed by atoms with Gasteiger partial charge in [-0.05, 0) is 34.8 Å². The van der Waals surface area contributed by atoms with Crippen LogP contribution >= 0.6 is 15.9 Å². The molecule has 1 aromatic rings. The Labute approximate surface area is 119 Å². The van der Waals surface area contributed by atoms with E-state index in [2.05, 4.69) is 52.3 Å². The molecule has 104 valence electrons. The van der Waals surface area contributed by atoms with Crippen LogP contribution in [0.25, 0.3) is 0 Å². The lowest BCUT2D eigenvalue weighted by Gasteiger charge is -2.27. The van der Waals surface area contributed by atoms with Crippen LogP contribution in [0.4, 0.5) is 0 Å². The van der Waals surface area contributed by atoms with Gasteiger partial charge < -0.3 is 5.32 Å². The predicted octanol–water partition coefficient (Wildman–Crippen LogP) is 3.44. The highest BCUT2D eigenvalue weighted by Crippen LogP contribution is 2.31. The van der Waals surface area contributed by atoms with E-state index in [1.807, 2.05) is 11.7 Å². The van der Waals surface area contributed by atoms with Crippen LogP contribution in [0.3, 0.4) is 0 Å². The first kappa shape index (κ1) is 15.6. The van der Waals surface area contributed by atoms with E-state index in [9.17, 15) is 0 Å². The fourth-order valence-electron chi connectivity index (χ4n) is 2.45. The highest BCUT2D eigenvalue weighted by atomic mass is 79.9. The molecule has 1 rings (SSSR count). The first-order valence-corrected chi connectivity index (χ1v) is 7.73. The van der Waals surface area contributed by atoms with Gasteiger partial charge in [0.25, 0.3) is 0 Å². The van der Waals surface area contributed by atoms with Crippen molar-refractivity contribution in [3.8, 4) is 0 Å². The lowest BCUT2D eigenvalue weighted by molar-refractivity contribution is 0.314. The summed E-state index contributed by atoms with van der Waals surface area (Å²) >= 11 is 3.52. The molecule has 0 bridgehead atoms. The van der Waals surface area contributed by atoms with Crippen LogP contribution in [0.2, 0.25) is 0 Å². The van der Waals surface area contributed by atoms with Gasteiger partial charge in [0, 0.05) is 7.05 Å². The molecular formula is C13H25BrN4. The van der Waals surface area contributed by atoms with Gasteiger partial charge in [-0.2, -0.15) is 0 Å². The molecule has 2 unspecified atom stereocenters. The van der Waals surface area contributed by atoms with Gasteiger partial charge in [0.2, 0.25) is 0 Å². The minimum Gasteiger partial charge on any atom is -0.309 e. The van der Waals surface area contributed by atoms with E-state index in [-0.39, 0.29) is 0 Å². The Bertz CT molecular complexity index is 331. The first-order chi connectivity index (χ1) is 8.65. The zero-order chi connectivity index (χ0) is 13.5. The molecule has 0 fully saturated rings. The van der Waals surface area contributed by atoms with E-state index < -0.39 is 0 Å². The summed E-state index contributed by atoms with van der Waals surface area (Å²) < 4.78 is 2.75. The van der Waals surface area contributed by atoms with Gasteiger partial charge in [-0.1, -0.05) is 45.2 Å². The standard InChI is InChI=1S/C13H25BrN4/c1-5-8-9-10(6-2)11(15-7-3)12-13(14)16-17-18(12)4/h10-11,15H,5-9H2,1-4H3. The third-order valence-electron chi connectivity index (χ3n) is 3.47. The summed E-state index contributed by atoms with van der Waals surface area (Å²) in [6, 6.07) is 0.334.